The average molecular weight is 372 g/mol. The van der Waals surface area contributed by atoms with Crippen LogP contribution in [0.5, 0.6) is 0 Å². The molecule has 0 spiro atoms. The van der Waals surface area contributed by atoms with Gasteiger partial charge >= 0.3 is 0 Å². The highest BCUT2D eigenvalue weighted by molar-refractivity contribution is 5.81. The predicted molar refractivity (Wildman–Crippen MR) is 101 cm³/mol. The quantitative estimate of drug-likeness (QED) is 0.817. The minimum Gasteiger partial charge on any atom is -0.377 e. The zero-order valence-corrected chi connectivity index (χ0v) is 15.2. The van der Waals surface area contributed by atoms with Crippen LogP contribution in [-0.4, -0.2) is 70.9 Å². The second-order valence-corrected chi connectivity index (χ2v) is 7.19. The predicted octanol–water partition coefficient (Wildman–Crippen LogP) is 0.0130. The summed E-state index contributed by atoms with van der Waals surface area (Å²) in [5, 5.41) is 3.19. The van der Waals surface area contributed by atoms with E-state index in [0.29, 0.717) is 30.0 Å². The van der Waals surface area contributed by atoms with Crippen LogP contribution in [0.2, 0.25) is 0 Å². The van der Waals surface area contributed by atoms with Crippen molar-refractivity contribution in [2.45, 2.75) is 25.5 Å². The van der Waals surface area contributed by atoms with E-state index in [9.17, 15) is 14.4 Å². The lowest BCUT2D eigenvalue weighted by Crippen LogP contribution is -2.51. The van der Waals surface area contributed by atoms with Gasteiger partial charge in [0, 0.05) is 39.3 Å². The molecule has 27 heavy (non-hydrogen) atoms. The minimum absolute atomic E-state index is 0.148. The van der Waals surface area contributed by atoms with Crippen molar-refractivity contribution in [3.05, 3.63) is 45.0 Å². The van der Waals surface area contributed by atoms with Crippen molar-refractivity contribution in [3.8, 4) is 0 Å². The van der Waals surface area contributed by atoms with Gasteiger partial charge in [0.25, 0.3) is 11.1 Å². The van der Waals surface area contributed by atoms with Crippen molar-refractivity contribution in [2.24, 2.45) is 0 Å². The molecule has 0 radical (unpaired) electrons. The molecule has 2 aliphatic heterocycles. The summed E-state index contributed by atoms with van der Waals surface area (Å²) in [5.74, 6) is -0.153. The number of hydrogen-bond donors (Lipinski definition) is 1. The van der Waals surface area contributed by atoms with Crippen LogP contribution in [0.4, 0.5) is 0 Å². The van der Waals surface area contributed by atoms with E-state index >= 15 is 0 Å². The van der Waals surface area contributed by atoms with E-state index in [2.05, 4.69) is 10.00 Å². The number of H-pyrrole nitrogens is 1. The Morgan fingerprint density at radius 1 is 1.11 bits per heavy atom. The number of ether oxygens (including phenoxy) is 1. The number of piperazine rings is 1. The summed E-state index contributed by atoms with van der Waals surface area (Å²) in [5.41, 5.74) is -0.713. The van der Waals surface area contributed by atoms with Gasteiger partial charge < -0.3 is 9.64 Å². The fraction of sp³-hybridized carbons (Fsp3) is 0.526. The van der Waals surface area contributed by atoms with E-state index in [1.54, 1.807) is 29.2 Å². The lowest BCUT2D eigenvalue weighted by Gasteiger charge is -2.35. The van der Waals surface area contributed by atoms with Crippen LogP contribution in [0.3, 0.4) is 0 Å². The maximum atomic E-state index is 12.6. The number of carbonyl (C=O) groups is 1. The third-order valence-corrected chi connectivity index (χ3v) is 5.39. The number of aromatic amines is 1. The van der Waals surface area contributed by atoms with Crippen molar-refractivity contribution in [1.82, 2.24) is 19.6 Å². The molecule has 4 rings (SSSR count). The van der Waals surface area contributed by atoms with E-state index in [1.165, 1.54) is 0 Å². The van der Waals surface area contributed by atoms with Crippen LogP contribution >= 0.6 is 0 Å². The summed E-state index contributed by atoms with van der Waals surface area (Å²) in [6.07, 6.45) is 2.55. The number of carbonyl (C=O) groups excluding carboxylic acids is 1. The SMILES string of the molecule is O=C(Cn1[nH]c(=O)c2ccccc2c1=O)N1CCN(CC2CCCO2)CC1. The molecule has 0 bridgehead atoms. The van der Waals surface area contributed by atoms with Crippen LogP contribution in [0.1, 0.15) is 12.8 Å². The Morgan fingerprint density at radius 2 is 1.85 bits per heavy atom. The number of aromatic nitrogens is 2. The summed E-state index contributed by atoms with van der Waals surface area (Å²) >= 11 is 0. The number of benzene rings is 1. The highest BCUT2D eigenvalue weighted by atomic mass is 16.5. The zero-order valence-electron chi connectivity index (χ0n) is 15.2. The topological polar surface area (TPSA) is 87.6 Å². The average Bonchev–Trinajstić information content (AvgIpc) is 3.19. The van der Waals surface area contributed by atoms with Crippen LogP contribution in [0, 0.1) is 0 Å². The number of amides is 1. The molecule has 8 nitrogen and oxygen atoms in total. The Hall–Kier alpha value is -2.45. The standard InChI is InChI=1S/C19H24N4O4/c24-17(22-9-7-21(8-10-22)12-14-4-3-11-27-14)13-23-19(26)16-6-2-1-5-15(16)18(25)20-23/h1-2,5-6,14H,3-4,7-13H2,(H,20,25). The molecule has 2 aliphatic rings. The summed E-state index contributed by atoms with van der Waals surface area (Å²) in [7, 11) is 0. The van der Waals surface area contributed by atoms with Crippen molar-refractivity contribution < 1.29 is 9.53 Å². The first kappa shape index (κ1) is 17.9. The highest BCUT2D eigenvalue weighted by Crippen LogP contribution is 2.14. The largest absolute Gasteiger partial charge is 0.377 e. The molecule has 1 aromatic heterocycles. The summed E-state index contributed by atoms with van der Waals surface area (Å²) < 4.78 is 6.79. The molecule has 1 aromatic carbocycles. The number of hydrogen-bond acceptors (Lipinski definition) is 5. The summed E-state index contributed by atoms with van der Waals surface area (Å²) in [4.78, 5) is 41.4. The first-order valence-electron chi connectivity index (χ1n) is 9.45. The number of nitrogens with one attached hydrogen (secondary N) is 1. The minimum atomic E-state index is -0.362. The second kappa shape index (κ2) is 7.66. The molecule has 3 heterocycles. The van der Waals surface area contributed by atoms with Gasteiger partial charge in [0.1, 0.15) is 6.54 Å². The van der Waals surface area contributed by atoms with Crippen molar-refractivity contribution >= 4 is 16.7 Å². The van der Waals surface area contributed by atoms with Gasteiger partial charge in [-0.2, -0.15) is 0 Å². The second-order valence-electron chi connectivity index (χ2n) is 7.19. The molecule has 144 valence electrons. The molecule has 0 aliphatic carbocycles. The van der Waals surface area contributed by atoms with E-state index < -0.39 is 0 Å². The number of rotatable bonds is 4. The molecule has 2 fully saturated rings. The van der Waals surface area contributed by atoms with Crippen molar-refractivity contribution in [3.63, 3.8) is 0 Å². The van der Waals surface area contributed by atoms with Crippen molar-refractivity contribution in [1.29, 1.82) is 0 Å². The lowest BCUT2D eigenvalue weighted by molar-refractivity contribution is -0.134. The molecule has 2 saturated heterocycles. The van der Waals surface area contributed by atoms with Gasteiger partial charge in [0.15, 0.2) is 0 Å². The van der Waals surface area contributed by atoms with E-state index in [-0.39, 0.29) is 23.6 Å². The van der Waals surface area contributed by atoms with Crippen molar-refractivity contribution in [2.75, 3.05) is 39.3 Å². The smallest absolute Gasteiger partial charge is 0.273 e. The van der Waals surface area contributed by atoms with E-state index in [0.717, 1.165) is 43.8 Å². The Balaban J connectivity index is 1.40. The molecule has 1 unspecified atom stereocenters. The maximum absolute atomic E-state index is 12.6. The Morgan fingerprint density at radius 3 is 2.56 bits per heavy atom. The Bertz CT molecular complexity index is 937. The van der Waals surface area contributed by atoms with Gasteiger partial charge in [0.2, 0.25) is 5.91 Å². The third-order valence-electron chi connectivity index (χ3n) is 5.39. The van der Waals surface area contributed by atoms with Gasteiger partial charge in [0.05, 0.1) is 16.9 Å². The van der Waals surface area contributed by atoms with Gasteiger partial charge in [-0.25, -0.2) is 4.68 Å². The lowest BCUT2D eigenvalue weighted by atomic mass is 10.2. The van der Waals surface area contributed by atoms with Gasteiger partial charge in [-0.05, 0) is 25.0 Å². The third kappa shape index (κ3) is 3.81. The first-order valence-corrected chi connectivity index (χ1v) is 9.45. The Kier molecular flexibility index (Phi) is 5.09. The normalized spacial score (nSPS) is 21.0. The monoisotopic (exact) mass is 372 g/mol. The molecule has 8 heteroatoms. The molecule has 2 aromatic rings. The molecular formula is C19H24N4O4. The number of nitrogens with zero attached hydrogens (tertiary/aromatic N) is 3. The van der Waals surface area contributed by atoms with Crippen LogP contribution in [0.15, 0.2) is 33.9 Å². The summed E-state index contributed by atoms with van der Waals surface area (Å²) in [6.45, 7) is 4.46. The molecular weight excluding hydrogens is 348 g/mol. The van der Waals surface area contributed by atoms with Crippen LogP contribution in [-0.2, 0) is 16.1 Å². The molecule has 0 saturated carbocycles. The maximum Gasteiger partial charge on any atom is 0.273 e. The van der Waals surface area contributed by atoms with Crippen LogP contribution in [0.25, 0.3) is 10.8 Å². The molecule has 1 N–H and O–H groups in total. The van der Waals surface area contributed by atoms with Gasteiger partial charge in [-0.15, -0.1) is 0 Å². The van der Waals surface area contributed by atoms with E-state index in [1.807, 2.05) is 0 Å². The fourth-order valence-corrected chi connectivity index (χ4v) is 3.85. The molecule has 1 atom stereocenters. The number of fused-ring (bicyclic) bond motifs is 1. The molecule has 1 amide bonds. The zero-order chi connectivity index (χ0) is 18.8. The summed E-state index contributed by atoms with van der Waals surface area (Å²) in [6, 6.07) is 6.64. The van der Waals surface area contributed by atoms with Gasteiger partial charge in [-0.3, -0.25) is 24.4 Å². The Labute approximate surface area is 156 Å². The first-order chi connectivity index (χ1) is 13.1. The van der Waals surface area contributed by atoms with E-state index in [4.69, 9.17) is 4.74 Å². The van der Waals surface area contributed by atoms with Gasteiger partial charge in [-0.1, -0.05) is 12.1 Å². The van der Waals surface area contributed by atoms with Crippen LogP contribution < -0.4 is 11.1 Å². The fourth-order valence-electron chi connectivity index (χ4n) is 3.85. The highest BCUT2D eigenvalue weighted by Gasteiger charge is 2.25.